The average Bonchev–Trinajstić information content (AvgIpc) is 2.96. The van der Waals surface area contributed by atoms with Crippen LogP contribution in [-0.2, 0) is 11.2 Å². The van der Waals surface area contributed by atoms with Crippen molar-refractivity contribution < 1.29 is 33.3 Å². The molecule has 2 aliphatic rings. The minimum Gasteiger partial charge on any atom is -0.493 e. The van der Waals surface area contributed by atoms with Crippen LogP contribution in [0.4, 0.5) is 14.6 Å². The Morgan fingerprint density at radius 2 is 2.17 bits per heavy atom. The second-order valence-corrected chi connectivity index (χ2v) is 7.06. The lowest BCUT2D eigenvalue weighted by Gasteiger charge is -2.21. The summed E-state index contributed by atoms with van der Waals surface area (Å²) in [4.78, 5) is 28.3. The molecule has 0 aliphatic carbocycles. The number of alkyl halides is 2. The number of aromatic nitrogens is 2. The van der Waals surface area contributed by atoms with Crippen LogP contribution in [-0.4, -0.2) is 57.0 Å². The summed E-state index contributed by atoms with van der Waals surface area (Å²) in [5.41, 5.74) is 0.178. The minimum absolute atomic E-state index is 0.138. The summed E-state index contributed by atoms with van der Waals surface area (Å²) in [6, 6.07) is 6.16. The number of aryl methyl sites for hydroxylation is 1. The van der Waals surface area contributed by atoms with Gasteiger partial charge in [0.05, 0.1) is 13.2 Å². The summed E-state index contributed by atoms with van der Waals surface area (Å²) >= 11 is 0. The Kier molecular flexibility index (Phi) is 5.26. The molecule has 1 aromatic heterocycles. The molecule has 11 heteroatoms. The molecule has 0 radical (unpaired) electrons. The highest BCUT2D eigenvalue weighted by Crippen LogP contribution is 2.42. The number of halogens is 2. The van der Waals surface area contributed by atoms with Gasteiger partial charge >= 0.3 is 11.6 Å². The molecule has 160 valence electrons. The zero-order valence-corrected chi connectivity index (χ0v) is 15.6. The number of fused-ring (bicyclic) bond motifs is 1. The first kappa shape index (κ1) is 20.4. The smallest absolute Gasteiger partial charge is 0.351 e. The van der Waals surface area contributed by atoms with E-state index in [1.165, 1.54) is 0 Å². The second kappa shape index (κ2) is 7.74. The summed E-state index contributed by atoms with van der Waals surface area (Å²) < 4.78 is 39.4. The Bertz CT molecular complexity index is 1030. The Balaban J connectivity index is 1.53. The van der Waals surface area contributed by atoms with Gasteiger partial charge in [-0.05, 0) is 36.6 Å². The summed E-state index contributed by atoms with van der Waals surface area (Å²) in [7, 11) is 0. The van der Waals surface area contributed by atoms with Gasteiger partial charge < -0.3 is 25.0 Å². The van der Waals surface area contributed by atoms with E-state index in [2.05, 4.69) is 10.3 Å². The number of aliphatic hydroxyl groups is 2. The van der Waals surface area contributed by atoms with Crippen molar-refractivity contribution in [3.8, 4) is 5.75 Å². The van der Waals surface area contributed by atoms with Gasteiger partial charge in [-0.2, -0.15) is 13.8 Å². The maximum atomic E-state index is 14.2. The van der Waals surface area contributed by atoms with Gasteiger partial charge in [0, 0.05) is 11.8 Å². The molecule has 3 heterocycles. The molecule has 1 fully saturated rings. The zero-order valence-electron chi connectivity index (χ0n) is 15.6. The third-order valence-electron chi connectivity index (χ3n) is 5.06. The van der Waals surface area contributed by atoms with Gasteiger partial charge in [0.2, 0.25) is 6.23 Å². The molecule has 3 atom stereocenters. The van der Waals surface area contributed by atoms with E-state index in [9.17, 15) is 23.5 Å². The molecular weight excluding hydrogens is 404 g/mol. The molecule has 1 saturated heterocycles. The Hall–Kier alpha value is -2.89. The third kappa shape index (κ3) is 3.55. The molecule has 1 unspecified atom stereocenters. The molecule has 1 aromatic carbocycles. The van der Waals surface area contributed by atoms with Crippen LogP contribution in [0, 0.1) is 0 Å². The van der Waals surface area contributed by atoms with Crippen LogP contribution >= 0.6 is 0 Å². The monoisotopic (exact) mass is 423 g/mol. The first-order chi connectivity index (χ1) is 14.3. The lowest BCUT2D eigenvalue weighted by atomic mass is 10.0. The predicted molar refractivity (Wildman–Crippen MR) is 98.7 cm³/mol. The Morgan fingerprint density at radius 1 is 1.37 bits per heavy atom. The fourth-order valence-electron chi connectivity index (χ4n) is 3.45. The van der Waals surface area contributed by atoms with E-state index in [0.29, 0.717) is 22.5 Å². The summed E-state index contributed by atoms with van der Waals surface area (Å²) in [6.07, 6.45) is -3.21. The van der Waals surface area contributed by atoms with Crippen LogP contribution in [0.1, 0.15) is 28.6 Å². The first-order valence-electron chi connectivity index (χ1n) is 9.29. The summed E-state index contributed by atoms with van der Waals surface area (Å²) in [5.74, 6) is -3.88. The number of anilines is 1. The molecule has 2 aromatic rings. The molecule has 0 spiro atoms. The quantitative estimate of drug-likeness (QED) is 0.662. The van der Waals surface area contributed by atoms with Gasteiger partial charge in [0.1, 0.15) is 17.7 Å². The number of carbonyl (C=O) groups excluding carboxylic acids is 1. The molecule has 2 aliphatic heterocycles. The topological polar surface area (TPSA) is 123 Å². The van der Waals surface area contributed by atoms with E-state index in [0.717, 1.165) is 30.7 Å². The van der Waals surface area contributed by atoms with Gasteiger partial charge in [-0.3, -0.25) is 9.36 Å². The number of ether oxygens (including phenoxy) is 2. The van der Waals surface area contributed by atoms with Gasteiger partial charge in [0.15, 0.2) is 6.10 Å². The van der Waals surface area contributed by atoms with Crippen molar-refractivity contribution in [1.82, 2.24) is 9.55 Å². The number of hydrogen-bond donors (Lipinski definition) is 3. The number of nitrogens with zero attached hydrogens (tertiary/aromatic N) is 2. The highest BCUT2D eigenvalue weighted by atomic mass is 19.3. The maximum Gasteiger partial charge on any atom is 0.351 e. The van der Waals surface area contributed by atoms with Crippen molar-refractivity contribution in [2.24, 2.45) is 0 Å². The van der Waals surface area contributed by atoms with Crippen molar-refractivity contribution in [3.05, 3.63) is 52.1 Å². The van der Waals surface area contributed by atoms with E-state index < -0.39 is 42.6 Å². The molecule has 1 amide bonds. The van der Waals surface area contributed by atoms with Gasteiger partial charge in [-0.1, -0.05) is 6.07 Å². The normalized spacial score (nSPS) is 24.7. The molecule has 0 bridgehead atoms. The number of hydrogen-bond acceptors (Lipinski definition) is 7. The number of amides is 1. The number of carbonyl (C=O) groups is 1. The van der Waals surface area contributed by atoms with Crippen LogP contribution < -0.4 is 15.7 Å². The second-order valence-electron chi connectivity index (χ2n) is 7.06. The standard InChI is InChI=1S/C19H19F2N3O6/c20-19(21)15(26)13(9-25)30-17(19)24-6-5-14(23-18(24)28)22-16(27)11-4-3-10-2-1-7-29-12(10)8-11/h3-6,8,13,15,17,25-26H,1-2,7,9H2,(H,22,23,27,28)/t13-,15-,17?/m1/s1. The van der Waals surface area contributed by atoms with Crippen LogP contribution in [0.5, 0.6) is 5.75 Å². The van der Waals surface area contributed by atoms with Gasteiger partial charge in [0.25, 0.3) is 5.91 Å². The highest BCUT2D eigenvalue weighted by molar-refractivity contribution is 6.04. The third-order valence-corrected chi connectivity index (χ3v) is 5.06. The van der Waals surface area contributed by atoms with E-state index >= 15 is 0 Å². The number of nitrogens with one attached hydrogen (secondary N) is 1. The first-order valence-corrected chi connectivity index (χ1v) is 9.29. The molecule has 30 heavy (non-hydrogen) atoms. The Morgan fingerprint density at radius 3 is 2.87 bits per heavy atom. The zero-order chi connectivity index (χ0) is 21.5. The largest absolute Gasteiger partial charge is 0.493 e. The lowest BCUT2D eigenvalue weighted by molar-refractivity contribution is -0.140. The van der Waals surface area contributed by atoms with Crippen LogP contribution in [0.2, 0.25) is 0 Å². The van der Waals surface area contributed by atoms with Crippen molar-refractivity contribution in [3.63, 3.8) is 0 Å². The van der Waals surface area contributed by atoms with Crippen LogP contribution in [0.25, 0.3) is 0 Å². The van der Waals surface area contributed by atoms with Crippen molar-refractivity contribution in [2.45, 2.75) is 37.2 Å². The van der Waals surface area contributed by atoms with Gasteiger partial charge in [-0.15, -0.1) is 0 Å². The molecule has 3 N–H and O–H groups in total. The number of aliphatic hydroxyl groups excluding tert-OH is 2. The minimum atomic E-state index is -3.81. The van der Waals surface area contributed by atoms with E-state index in [4.69, 9.17) is 14.6 Å². The van der Waals surface area contributed by atoms with Crippen LogP contribution in [0.3, 0.4) is 0 Å². The van der Waals surface area contributed by atoms with Crippen molar-refractivity contribution in [1.29, 1.82) is 0 Å². The summed E-state index contributed by atoms with van der Waals surface area (Å²) in [6.45, 7) is -0.272. The maximum absolute atomic E-state index is 14.2. The van der Waals surface area contributed by atoms with Crippen molar-refractivity contribution in [2.75, 3.05) is 18.5 Å². The van der Waals surface area contributed by atoms with Gasteiger partial charge in [-0.25, -0.2) is 4.79 Å². The molecule has 0 saturated carbocycles. The molecule has 4 rings (SSSR count). The highest BCUT2D eigenvalue weighted by Gasteiger charge is 2.59. The van der Waals surface area contributed by atoms with E-state index in [1.807, 2.05) is 0 Å². The predicted octanol–water partition coefficient (Wildman–Crippen LogP) is 0.706. The number of benzene rings is 1. The average molecular weight is 423 g/mol. The molecular formula is C19H19F2N3O6. The summed E-state index contributed by atoms with van der Waals surface area (Å²) in [5, 5.41) is 21.1. The fraction of sp³-hybridized carbons (Fsp3) is 0.421. The van der Waals surface area contributed by atoms with E-state index in [1.54, 1.807) is 18.2 Å². The SMILES string of the molecule is O=C(Nc1ccn(C2O[C@H](CO)[C@@H](O)C2(F)F)c(=O)n1)c1ccc2c(c1)OCCC2. The fourth-order valence-corrected chi connectivity index (χ4v) is 3.45. The Labute approximate surface area is 168 Å². The number of rotatable bonds is 4. The lowest BCUT2D eigenvalue weighted by Crippen LogP contribution is -2.41. The van der Waals surface area contributed by atoms with E-state index in [-0.39, 0.29) is 5.82 Å². The molecule has 9 nitrogen and oxygen atoms in total. The van der Waals surface area contributed by atoms with Crippen molar-refractivity contribution >= 4 is 11.7 Å². The van der Waals surface area contributed by atoms with Crippen LogP contribution in [0.15, 0.2) is 35.3 Å².